The van der Waals surface area contributed by atoms with Gasteiger partial charge in [0.25, 0.3) is 5.91 Å². The highest BCUT2D eigenvalue weighted by molar-refractivity contribution is 9.10. The number of amides is 1. The average Bonchev–Trinajstić information content (AvgIpc) is 2.25. The summed E-state index contributed by atoms with van der Waals surface area (Å²) < 4.78 is 23.2. The molecule has 0 saturated carbocycles. The number of halogens is 2. The van der Waals surface area contributed by atoms with Crippen molar-refractivity contribution in [1.29, 1.82) is 0 Å². The van der Waals surface area contributed by atoms with Crippen molar-refractivity contribution < 1.29 is 13.2 Å². The zero-order valence-electron chi connectivity index (χ0n) is 12.0. The van der Waals surface area contributed by atoms with Crippen LogP contribution in [0.25, 0.3) is 0 Å². The van der Waals surface area contributed by atoms with Gasteiger partial charge in [0, 0.05) is 10.0 Å². The van der Waals surface area contributed by atoms with Gasteiger partial charge in [0.05, 0.1) is 15.5 Å². The van der Waals surface area contributed by atoms with Gasteiger partial charge in [-0.05, 0) is 48.3 Å². The summed E-state index contributed by atoms with van der Waals surface area (Å²) in [6, 6.07) is 2.53. The molecule has 3 N–H and O–H groups in total. The van der Waals surface area contributed by atoms with E-state index in [2.05, 4.69) is 21.2 Å². The molecule has 0 radical (unpaired) electrons. The maximum absolute atomic E-state index is 12.3. The standard InChI is InChI=1S/C13H18BrClN2O3S/c1-4-5-13(2,3)17-12(18)8-6-11(21(16,19)20)9(14)7-10(8)15/h6-7H,4-5H2,1-3H3,(H,17,18)(H2,16,19,20). The summed E-state index contributed by atoms with van der Waals surface area (Å²) in [6.07, 6.45) is 1.69. The van der Waals surface area contributed by atoms with Crippen molar-refractivity contribution in [2.75, 3.05) is 0 Å². The molecule has 0 fully saturated rings. The lowest BCUT2D eigenvalue weighted by Gasteiger charge is -2.26. The second kappa shape index (κ2) is 6.64. The van der Waals surface area contributed by atoms with E-state index in [0.717, 1.165) is 12.8 Å². The van der Waals surface area contributed by atoms with Crippen LogP contribution in [0.1, 0.15) is 44.0 Å². The fourth-order valence-electron chi connectivity index (χ4n) is 1.98. The Labute approximate surface area is 138 Å². The van der Waals surface area contributed by atoms with E-state index in [0.29, 0.717) is 0 Å². The van der Waals surface area contributed by atoms with Gasteiger partial charge < -0.3 is 5.32 Å². The highest BCUT2D eigenvalue weighted by Crippen LogP contribution is 2.28. The lowest BCUT2D eigenvalue weighted by atomic mass is 9.98. The van der Waals surface area contributed by atoms with E-state index >= 15 is 0 Å². The minimum atomic E-state index is -3.95. The van der Waals surface area contributed by atoms with E-state index in [-0.39, 0.29) is 20.0 Å². The maximum atomic E-state index is 12.3. The number of hydrogen-bond acceptors (Lipinski definition) is 3. The van der Waals surface area contributed by atoms with Gasteiger partial charge in [-0.3, -0.25) is 4.79 Å². The number of nitrogens with one attached hydrogen (secondary N) is 1. The molecule has 1 aromatic carbocycles. The number of hydrogen-bond donors (Lipinski definition) is 2. The molecule has 0 heterocycles. The molecule has 1 rings (SSSR count). The first-order valence-electron chi connectivity index (χ1n) is 6.32. The van der Waals surface area contributed by atoms with Crippen LogP contribution in [-0.4, -0.2) is 19.9 Å². The van der Waals surface area contributed by atoms with E-state index in [1.165, 1.54) is 12.1 Å². The van der Waals surface area contributed by atoms with Crippen LogP contribution >= 0.6 is 27.5 Å². The first-order chi connectivity index (χ1) is 9.48. The summed E-state index contributed by atoms with van der Waals surface area (Å²) in [5, 5.41) is 8.11. The molecule has 0 aromatic heterocycles. The number of nitrogens with two attached hydrogens (primary N) is 1. The zero-order chi connectivity index (χ0) is 16.4. The van der Waals surface area contributed by atoms with Gasteiger partial charge in [-0.2, -0.15) is 0 Å². The molecule has 0 aliphatic carbocycles. The van der Waals surface area contributed by atoms with E-state index < -0.39 is 21.5 Å². The third-order valence-corrected chi connectivity index (χ3v) is 5.08. The number of primary sulfonamides is 1. The smallest absolute Gasteiger partial charge is 0.253 e. The summed E-state index contributed by atoms with van der Waals surface area (Å²) in [6.45, 7) is 5.79. The normalized spacial score (nSPS) is 12.3. The lowest BCUT2D eigenvalue weighted by Crippen LogP contribution is -2.43. The Morgan fingerprint density at radius 2 is 2.00 bits per heavy atom. The first kappa shape index (κ1) is 18.4. The molecule has 21 heavy (non-hydrogen) atoms. The summed E-state index contributed by atoms with van der Waals surface area (Å²) in [7, 11) is -3.95. The molecular formula is C13H18BrClN2O3S. The number of carbonyl (C=O) groups is 1. The number of benzene rings is 1. The lowest BCUT2D eigenvalue weighted by molar-refractivity contribution is 0.0909. The molecule has 5 nitrogen and oxygen atoms in total. The van der Waals surface area contributed by atoms with Crippen LogP contribution in [0.2, 0.25) is 5.02 Å². The molecule has 8 heteroatoms. The Hall–Kier alpha value is -0.630. The van der Waals surface area contributed by atoms with Gasteiger partial charge >= 0.3 is 0 Å². The molecule has 1 aromatic rings. The molecule has 1 amide bonds. The molecule has 0 bridgehead atoms. The van der Waals surface area contributed by atoms with Crippen molar-refractivity contribution in [3.8, 4) is 0 Å². The highest BCUT2D eigenvalue weighted by atomic mass is 79.9. The Morgan fingerprint density at radius 3 is 2.48 bits per heavy atom. The predicted molar refractivity (Wildman–Crippen MR) is 87.0 cm³/mol. The zero-order valence-corrected chi connectivity index (χ0v) is 15.2. The molecule has 118 valence electrons. The summed E-state index contributed by atoms with van der Waals surface area (Å²) >= 11 is 9.10. The Balaban J connectivity index is 3.22. The molecule has 0 aliphatic rings. The van der Waals surface area contributed by atoms with Crippen molar-refractivity contribution in [2.45, 2.75) is 44.0 Å². The number of rotatable bonds is 5. The Bertz CT molecular complexity index is 660. The first-order valence-corrected chi connectivity index (χ1v) is 9.04. The second-order valence-electron chi connectivity index (χ2n) is 5.40. The summed E-state index contributed by atoms with van der Waals surface area (Å²) in [4.78, 5) is 12.1. The Morgan fingerprint density at radius 1 is 1.43 bits per heavy atom. The predicted octanol–water partition coefficient (Wildman–Crippen LogP) is 3.06. The summed E-state index contributed by atoms with van der Waals surface area (Å²) in [5.41, 5.74) is -0.336. The molecular weight excluding hydrogens is 380 g/mol. The molecule has 0 atom stereocenters. The minimum Gasteiger partial charge on any atom is -0.347 e. The average molecular weight is 398 g/mol. The van der Waals surface area contributed by atoms with Crippen LogP contribution in [0, 0.1) is 0 Å². The van der Waals surface area contributed by atoms with E-state index in [9.17, 15) is 13.2 Å². The SMILES string of the molecule is CCCC(C)(C)NC(=O)c1cc(S(N)(=O)=O)c(Br)cc1Cl. The van der Waals surface area contributed by atoms with Crippen LogP contribution in [0.3, 0.4) is 0 Å². The van der Waals surface area contributed by atoms with Gasteiger partial charge in [0.2, 0.25) is 10.0 Å². The van der Waals surface area contributed by atoms with E-state index in [4.69, 9.17) is 16.7 Å². The van der Waals surface area contributed by atoms with Crippen molar-refractivity contribution in [2.24, 2.45) is 5.14 Å². The largest absolute Gasteiger partial charge is 0.347 e. The number of sulfonamides is 1. The van der Waals surface area contributed by atoms with Gasteiger partial charge in [-0.25, -0.2) is 13.6 Å². The fraction of sp³-hybridized carbons (Fsp3) is 0.462. The molecule has 0 unspecified atom stereocenters. The Kier molecular flexibility index (Phi) is 5.83. The van der Waals surface area contributed by atoms with Crippen molar-refractivity contribution >= 4 is 43.5 Å². The van der Waals surface area contributed by atoms with Gasteiger partial charge in [0.15, 0.2) is 0 Å². The molecule has 0 spiro atoms. The van der Waals surface area contributed by atoms with Crippen molar-refractivity contribution in [1.82, 2.24) is 5.32 Å². The van der Waals surface area contributed by atoms with Crippen molar-refractivity contribution in [3.63, 3.8) is 0 Å². The monoisotopic (exact) mass is 396 g/mol. The van der Waals surface area contributed by atoms with Crippen LogP contribution in [0.5, 0.6) is 0 Å². The molecule has 0 saturated heterocycles. The highest BCUT2D eigenvalue weighted by Gasteiger charge is 2.24. The fourth-order valence-corrected chi connectivity index (χ4v) is 4.00. The topological polar surface area (TPSA) is 89.3 Å². The van der Waals surface area contributed by atoms with Crippen LogP contribution in [0.4, 0.5) is 0 Å². The van der Waals surface area contributed by atoms with Crippen LogP contribution in [-0.2, 0) is 10.0 Å². The van der Waals surface area contributed by atoms with Gasteiger partial charge in [-0.1, -0.05) is 24.9 Å². The van der Waals surface area contributed by atoms with Crippen molar-refractivity contribution in [3.05, 3.63) is 27.2 Å². The van der Waals surface area contributed by atoms with Gasteiger partial charge in [0.1, 0.15) is 0 Å². The second-order valence-corrected chi connectivity index (χ2v) is 8.19. The quantitative estimate of drug-likeness (QED) is 0.800. The van der Waals surface area contributed by atoms with E-state index in [1.807, 2.05) is 20.8 Å². The number of carbonyl (C=O) groups excluding carboxylic acids is 1. The van der Waals surface area contributed by atoms with Gasteiger partial charge in [-0.15, -0.1) is 0 Å². The van der Waals surface area contributed by atoms with E-state index in [1.54, 1.807) is 0 Å². The maximum Gasteiger partial charge on any atom is 0.253 e. The third kappa shape index (κ3) is 4.95. The van der Waals surface area contributed by atoms with Crippen LogP contribution < -0.4 is 10.5 Å². The van der Waals surface area contributed by atoms with Crippen LogP contribution in [0.15, 0.2) is 21.5 Å². The molecule has 0 aliphatic heterocycles. The summed E-state index contributed by atoms with van der Waals surface area (Å²) in [5.74, 6) is -0.434. The minimum absolute atomic E-state index is 0.0769. The third-order valence-electron chi connectivity index (χ3n) is 2.90.